The van der Waals surface area contributed by atoms with Gasteiger partial charge >= 0.3 is 6.09 Å². The first-order chi connectivity index (χ1) is 18.8. The third kappa shape index (κ3) is 5.84. The molecule has 0 bridgehead atoms. The molecular formula is C28H32ClFN6O3. The Labute approximate surface area is 231 Å². The van der Waals surface area contributed by atoms with Crippen molar-refractivity contribution in [1.29, 1.82) is 0 Å². The average Bonchev–Trinajstić information content (AvgIpc) is 3.36. The van der Waals surface area contributed by atoms with Crippen molar-refractivity contribution >= 4 is 29.2 Å². The first-order valence-electron chi connectivity index (χ1n) is 13.1. The van der Waals surface area contributed by atoms with E-state index >= 15 is 4.39 Å². The predicted molar refractivity (Wildman–Crippen MR) is 147 cm³/mol. The van der Waals surface area contributed by atoms with Gasteiger partial charge < -0.3 is 20.1 Å². The summed E-state index contributed by atoms with van der Waals surface area (Å²) in [5.74, 6) is -0.128. The summed E-state index contributed by atoms with van der Waals surface area (Å²) in [6, 6.07) is 13.4. The Bertz CT molecular complexity index is 1340. The van der Waals surface area contributed by atoms with E-state index in [1.54, 1.807) is 12.1 Å². The summed E-state index contributed by atoms with van der Waals surface area (Å²) in [6.07, 6.45) is 1.30. The van der Waals surface area contributed by atoms with Gasteiger partial charge in [-0.15, -0.1) is 5.10 Å². The second-order valence-electron chi connectivity index (χ2n) is 10.1. The molecule has 3 heterocycles. The molecule has 11 heteroatoms. The van der Waals surface area contributed by atoms with E-state index in [1.807, 2.05) is 17.0 Å². The predicted octanol–water partition coefficient (Wildman–Crippen LogP) is 4.61. The average molecular weight is 555 g/mol. The van der Waals surface area contributed by atoms with E-state index in [-0.39, 0.29) is 17.1 Å². The minimum Gasteiger partial charge on any atom is -0.436 e. The number of hydrogen-bond donors (Lipinski definition) is 4. The van der Waals surface area contributed by atoms with E-state index in [4.69, 9.17) is 16.3 Å². The lowest BCUT2D eigenvalue weighted by atomic mass is 9.89. The van der Waals surface area contributed by atoms with Crippen molar-refractivity contribution in [2.75, 3.05) is 23.3 Å². The van der Waals surface area contributed by atoms with Crippen LogP contribution in [-0.2, 0) is 23.4 Å². The van der Waals surface area contributed by atoms with Crippen LogP contribution in [0.3, 0.4) is 0 Å². The molecule has 0 saturated carbocycles. The second-order valence-corrected chi connectivity index (χ2v) is 10.5. The fraction of sp³-hybridized carbons (Fsp3) is 0.393. The molecule has 5 rings (SSSR count). The zero-order valence-corrected chi connectivity index (χ0v) is 22.6. The minimum atomic E-state index is -1.21. The van der Waals surface area contributed by atoms with Gasteiger partial charge in [0.2, 0.25) is 0 Å². The largest absolute Gasteiger partial charge is 0.436 e. The van der Waals surface area contributed by atoms with Crippen LogP contribution < -0.4 is 20.9 Å². The normalized spacial score (nSPS) is 19.9. The molecule has 4 N–H and O–H groups in total. The van der Waals surface area contributed by atoms with Crippen molar-refractivity contribution in [1.82, 2.24) is 20.8 Å². The van der Waals surface area contributed by atoms with Gasteiger partial charge in [-0.1, -0.05) is 42.8 Å². The van der Waals surface area contributed by atoms with Gasteiger partial charge in [0, 0.05) is 37.7 Å². The van der Waals surface area contributed by atoms with Crippen LogP contribution in [0.5, 0.6) is 0 Å². The van der Waals surface area contributed by atoms with E-state index in [1.165, 1.54) is 17.8 Å². The quantitative estimate of drug-likeness (QED) is 0.284. The molecule has 0 aliphatic carbocycles. The van der Waals surface area contributed by atoms with E-state index in [2.05, 4.69) is 52.1 Å². The molecule has 39 heavy (non-hydrogen) atoms. The van der Waals surface area contributed by atoms with Crippen LogP contribution in [0.25, 0.3) is 0 Å². The second kappa shape index (κ2) is 11.4. The van der Waals surface area contributed by atoms with Crippen LogP contribution >= 0.6 is 11.6 Å². The van der Waals surface area contributed by atoms with Gasteiger partial charge in [0.25, 0.3) is 0 Å². The van der Waals surface area contributed by atoms with Gasteiger partial charge in [-0.2, -0.15) is 5.10 Å². The van der Waals surface area contributed by atoms with Crippen molar-refractivity contribution in [2.45, 2.75) is 57.6 Å². The summed E-state index contributed by atoms with van der Waals surface area (Å²) >= 11 is 6.05. The molecule has 1 saturated heterocycles. The smallest absolute Gasteiger partial charge is 0.412 e. The SMILES string of the molecule is CCC(C)NCc1ccc(CNC(O)c2cnnc(N3CC[C@]4(C3)OC(=O)Nc3ccc(Cl)c(F)c34)c2)cc1. The van der Waals surface area contributed by atoms with Gasteiger partial charge in [-0.25, -0.2) is 9.18 Å². The lowest BCUT2D eigenvalue weighted by Crippen LogP contribution is -2.42. The van der Waals surface area contributed by atoms with E-state index in [0.29, 0.717) is 42.6 Å². The highest BCUT2D eigenvalue weighted by molar-refractivity contribution is 6.31. The maximum absolute atomic E-state index is 15.1. The zero-order chi connectivity index (χ0) is 27.6. The number of nitrogens with zero attached hydrogens (tertiary/aromatic N) is 3. The first-order valence-corrected chi connectivity index (χ1v) is 13.4. The Morgan fingerprint density at radius 1 is 1.21 bits per heavy atom. The standard InChI is InChI=1S/C28H32ClFN6O3/c1-3-17(2)31-13-18-4-6-19(7-5-18)14-32-26(37)20-12-23(35-33-15-20)36-11-10-28(16-36)24-22(34-27(38)39-28)9-8-21(29)25(24)30/h4-9,12,15,17,26,31-32,37H,3,10-11,13-14,16H2,1-2H3,(H,34,38)/t17?,26?,28-/m1/s1. The number of carbonyl (C=O) groups is 1. The van der Waals surface area contributed by atoms with Crippen LogP contribution in [0, 0.1) is 5.82 Å². The third-order valence-corrected chi connectivity index (χ3v) is 7.69. The molecule has 1 spiro atoms. The number of carbonyl (C=O) groups excluding carboxylic acids is 1. The van der Waals surface area contributed by atoms with Crippen LogP contribution in [-0.4, -0.2) is 40.5 Å². The summed E-state index contributed by atoms with van der Waals surface area (Å²) in [6.45, 7) is 6.21. The van der Waals surface area contributed by atoms with Crippen LogP contribution in [0.1, 0.15) is 55.2 Å². The molecule has 206 valence electrons. The molecule has 3 atom stereocenters. The molecule has 1 aromatic heterocycles. The minimum absolute atomic E-state index is 0.0419. The summed E-state index contributed by atoms with van der Waals surface area (Å²) < 4.78 is 20.7. The Hall–Kier alpha value is -3.31. The van der Waals surface area contributed by atoms with Crippen molar-refractivity contribution in [3.05, 3.63) is 81.8 Å². The number of aliphatic hydroxyl groups excluding tert-OH is 1. The van der Waals surface area contributed by atoms with Gasteiger partial charge in [-0.05, 0) is 42.7 Å². The Morgan fingerprint density at radius 3 is 2.64 bits per heavy atom. The Morgan fingerprint density at radius 2 is 1.92 bits per heavy atom. The van der Waals surface area contributed by atoms with E-state index in [0.717, 1.165) is 18.5 Å². The number of nitrogens with one attached hydrogen (secondary N) is 3. The van der Waals surface area contributed by atoms with Crippen molar-refractivity contribution in [3.63, 3.8) is 0 Å². The lowest BCUT2D eigenvalue weighted by Gasteiger charge is -2.35. The van der Waals surface area contributed by atoms with Gasteiger partial charge in [-0.3, -0.25) is 10.6 Å². The number of rotatable bonds is 9. The van der Waals surface area contributed by atoms with Gasteiger partial charge in [0.1, 0.15) is 6.23 Å². The fourth-order valence-electron chi connectivity index (χ4n) is 4.95. The highest BCUT2D eigenvalue weighted by Crippen LogP contribution is 2.46. The van der Waals surface area contributed by atoms with Crippen molar-refractivity contribution in [3.8, 4) is 0 Å². The van der Waals surface area contributed by atoms with Gasteiger partial charge in [0.15, 0.2) is 17.2 Å². The number of benzene rings is 2. The number of aliphatic hydroxyl groups is 1. The lowest BCUT2D eigenvalue weighted by molar-refractivity contribution is 0.0263. The van der Waals surface area contributed by atoms with E-state index < -0.39 is 23.7 Å². The monoisotopic (exact) mass is 554 g/mol. The zero-order valence-electron chi connectivity index (χ0n) is 21.9. The molecular weight excluding hydrogens is 523 g/mol. The molecule has 0 radical (unpaired) electrons. The maximum atomic E-state index is 15.1. The Balaban J connectivity index is 1.24. The molecule has 2 aliphatic rings. The number of halogens is 2. The topological polar surface area (TPSA) is 112 Å². The summed E-state index contributed by atoms with van der Waals surface area (Å²) in [4.78, 5) is 14.1. The molecule has 2 aromatic carbocycles. The molecule has 2 aliphatic heterocycles. The van der Waals surface area contributed by atoms with Crippen LogP contribution in [0.2, 0.25) is 5.02 Å². The number of fused-ring (bicyclic) bond motifs is 2. The first kappa shape index (κ1) is 27.3. The Kier molecular flexibility index (Phi) is 7.99. The molecule has 1 fully saturated rings. The highest BCUT2D eigenvalue weighted by Gasteiger charge is 2.50. The number of amides is 1. The highest BCUT2D eigenvalue weighted by atomic mass is 35.5. The molecule has 1 amide bonds. The molecule has 3 aromatic rings. The third-order valence-electron chi connectivity index (χ3n) is 7.40. The number of anilines is 2. The number of aromatic nitrogens is 2. The van der Waals surface area contributed by atoms with Gasteiger partial charge in [0.05, 0.1) is 29.0 Å². The molecule has 2 unspecified atom stereocenters. The van der Waals surface area contributed by atoms with E-state index in [9.17, 15) is 9.90 Å². The number of ether oxygens (including phenoxy) is 1. The summed E-state index contributed by atoms with van der Waals surface area (Å²) in [5, 5.41) is 28.2. The summed E-state index contributed by atoms with van der Waals surface area (Å²) in [7, 11) is 0. The molecule has 9 nitrogen and oxygen atoms in total. The van der Waals surface area contributed by atoms with Crippen LogP contribution in [0.15, 0.2) is 48.7 Å². The van der Waals surface area contributed by atoms with Crippen molar-refractivity contribution in [2.24, 2.45) is 0 Å². The fourth-order valence-corrected chi connectivity index (χ4v) is 5.10. The van der Waals surface area contributed by atoms with Crippen molar-refractivity contribution < 1.29 is 19.0 Å². The summed E-state index contributed by atoms with van der Waals surface area (Å²) in [5.41, 5.74) is 2.13. The maximum Gasteiger partial charge on any atom is 0.412 e. The van der Waals surface area contributed by atoms with Crippen LogP contribution in [0.4, 0.5) is 20.7 Å². The number of hydrogen-bond acceptors (Lipinski definition) is 8.